The molecule has 4 heteroatoms. The Labute approximate surface area is 80.5 Å². The third kappa shape index (κ3) is 9.30. The van der Waals surface area contributed by atoms with Crippen LogP contribution in [0, 0.1) is 0 Å². The largest absolute Gasteiger partial charge is 0.481 e. The van der Waals surface area contributed by atoms with E-state index < -0.39 is 5.97 Å². The summed E-state index contributed by atoms with van der Waals surface area (Å²) in [5, 5.41) is 8.47. The zero-order valence-corrected chi connectivity index (χ0v) is 8.75. The number of hydrogen-bond donors (Lipinski definition) is 2. The highest BCUT2D eigenvalue weighted by Crippen LogP contribution is 1.95. The Kier molecular flexibility index (Phi) is 10.9. The highest BCUT2D eigenvalue weighted by atomic mass is 16.4. The van der Waals surface area contributed by atoms with Crippen LogP contribution in [0.1, 0.15) is 33.1 Å². The summed E-state index contributed by atoms with van der Waals surface area (Å²) >= 11 is 0. The van der Waals surface area contributed by atoms with E-state index in [9.17, 15) is 4.79 Å². The average molecular weight is 190 g/mol. The van der Waals surface area contributed by atoms with Crippen LogP contribution in [0.2, 0.25) is 0 Å². The molecule has 0 fully saturated rings. The normalized spacial score (nSPS) is 9.77. The quantitative estimate of drug-likeness (QED) is 0.641. The number of carbonyl (C=O) groups is 1. The van der Waals surface area contributed by atoms with E-state index in [2.05, 4.69) is 18.7 Å². The van der Waals surface area contributed by atoms with Crippen LogP contribution in [-0.2, 0) is 4.79 Å². The van der Waals surface area contributed by atoms with Gasteiger partial charge >= 0.3 is 5.97 Å². The lowest BCUT2D eigenvalue weighted by Crippen LogP contribution is -2.27. The molecule has 0 atom stereocenters. The van der Waals surface area contributed by atoms with Gasteiger partial charge < -0.3 is 16.2 Å². The van der Waals surface area contributed by atoms with Crippen LogP contribution in [0.25, 0.3) is 0 Å². The Morgan fingerprint density at radius 3 is 1.92 bits per heavy atom. The lowest BCUT2D eigenvalue weighted by molar-refractivity contribution is -0.137. The van der Waals surface area contributed by atoms with Crippen LogP contribution >= 0.6 is 0 Å². The van der Waals surface area contributed by atoms with Gasteiger partial charge in [-0.05, 0) is 25.9 Å². The van der Waals surface area contributed by atoms with Crippen molar-refractivity contribution in [3.8, 4) is 0 Å². The second-order valence-electron chi connectivity index (χ2n) is 2.99. The molecule has 0 rings (SSSR count). The number of rotatable bonds is 7. The van der Waals surface area contributed by atoms with E-state index >= 15 is 0 Å². The number of hydrogen-bond acceptors (Lipinski definition) is 3. The second-order valence-corrected chi connectivity index (χ2v) is 2.99. The third-order valence-electron chi connectivity index (χ3n) is 1.72. The fourth-order valence-corrected chi connectivity index (χ4v) is 1.22. The first-order valence-electron chi connectivity index (χ1n) is 4.64. The van der Waals surface area contributed by atoms with Gasteiger partial charge in [-0.25, -0.2) is 0 Å². The van der Waals surface area contributed by atoms with Gasteiger partial charge in [0.15, 0.2) is 0 Å². The van der Waals surface area contributed by atoms with Gasteiger partial charge in [0.05, 0.1) is 6.42 Å². The predicted octanol–water partition coefficient (Wildman–Crippen LogP) is 1.75. The van der Waals surface area contributed by atoms with Crippen LogP contribution < -0.4 is 6.15 Å². The molecule has 0 aromatic carbocycles. The molecule has 0 aliphatic heterocycles. The monoisotopic (exact) mass is 190 g/mol. The van der Waals surface area contributed by atoms with E-state index in [4.69, 9.17) is 5.11 Å². The van der Waals surface area contributed by atoms with Gasteiger partial charge in [-0.15, -0.1) is 0 Å². The van der Waals surface area contributed by atoms with E-state index in [0.29, 0.717) is 6.54 Å². The third-order valence-corrected chi connectivity index (χ3v) is 1.72. The molecule has 0 amide bonds. The van der Waals surface area contributed by atoms with Gasteiger partial charge in [0.1, 0.15) is 0 Å². The van der Waals surface area contributed by atoms with Crippen molar-refractivity contribution in [2.45, 2.75) is 33.1 Å². The van der Waals surface area contributed by atoms with Crippen molar-refractivity contribution in [1.82, 2.24) is 11.1 Å². The molecule has 13 heavy (non-hydrogen) atoms. The van der Waals surface area contributed by atoms with E-state index in [1.165, 1.54) is 0 Å². The van der Waals surface area contributed by atoms with Gasteiger partial charge in [0, 0.05) is 6.54 Å². The summed E-state index contributed by atoms with van der Waals surface area (Å²) in [6, 6.07) is 0. The molecular weight excluding hydrogens is 168 g/mol. The first-order chi connectivity index (χ1) is 5.70. The first kappa shape index (κ1) is 14.9. The Balaban J connectivity index is 0. The van der Waals surface area contributed by atoms with Crippen LogP contribution in [-0.4, -0.2) is 35.6 Å². The molecule has 80 valence electrons. The van der Waals surface area contributed by atoms with Crippen LogP contribution in [0.5, 0.6) is 0 Å². The smallest absolute Gasteiger partial charge is 0.304 e. The van der Waals surface area contributed by atoms with Crippen molar-refractivity contribution < 1.29 is 9.90 Å². The fourth-order valence-electron chi connectivity index (χ4n) is 1.22. The lowest BCUT2D eigenvalue weighted by Gasteiger charge is -2.19. The second kappa shape index (κ2) is 9.48. The molecule has 0 radical (unpaired) electrons. The van der Waals surface area contributed by atoms with E-state index in [-0.39, 0.29) is 12.6 Å². The van der Waals surface area contributed by atoms with Crippen molar-refractivity contribution in [2.75, 3.05) is 19.6 Å². The number of carboxylic acid groups (broad SMARTS) is 1. The number of nitrogens with zero attached hydrogens (tertiary/aromatic N) is 1. The average Bonchev–Trinajstić information content (AvgIpc) is 2.01. The molecule has 4 N–H and O–H groups in total. The molecule has 4 nitrogen and oxygen atoms in total. The Bertz CT molecular complexity index is 123. The Morgan fingerprint density at radius 2 is 1.62 bits per heavy atom. The molecule has 0 aromatic heterocycles. The van der Waals surface area contributed by atoms with Crippen molar-refractivity contribution in [1.29, 1.82) is 0 Å². The lowest BCUT2D eigenvalue weighted by atomic mass is 10.3. The maximum atomic E-state index is 10.3. The SMILES string of the molecule is CCCN(CCC)CCC(=O)O.N. The molecule has 0 unspecified atom stereocenters. The summed E-state index contributed by atoms with van der Waals surface area (Å²) in [7, 11) is 0. The summed E-state index contributed by atoms with van der Waals surface area (Å²) in [5.41, 5.74) is 0. The number of aliphatic carboxylic acids is 1. The molecule has 0 aliphatic rings. The van der Waals surface area contributed by atoms with E-state index in [1.54, 1.807) is 0 Å². The number of carboxylic acids is 1. The molecular formula is C9H22N2O2. The Hall–Kier alpha value is -0.610. The molecule has 0 bridgehead atoms. The minimum absolute atomic E-state index is 0. The molecule has 0 aliphatic carbocycles. The summed E-state index contributed by atoms with van der Waals surface area (Å²) in [6.07, 6.45) is 2.46. The first-order valence-corrected chi connectivity index (χ1v) is 4.64. The molecule has 0 heterocycles. The predicted molar refractivity (Wildman–Crippen MR) is 54.3 cm³/mol. The van der Waals surface area contributed by atoms with Crippen molar-refractivity contribution in [3.63, 3.8) is 0 Å². The summed E-state index contributed by atoms with van der Waals surface area (Å²) in [4.78, 5) is 12.5. The fraction of sp³-hybridized carbons (Fsp3) is 0.889. The zero-order chi connectivity index (χ0) is 9.40. The van der Waals surface area contributed by atoms with Crippen molar-refractivity contribution >= 4 is 5.97 Å². The maximum absolute atomic E-state index is 10.3. The highest BCUT2D eigenvalue weighted by molar-refractivity contribution is 5.66. The molecule has 0 saturated heterocycles. The van der Waals surface area contributed by atoms with Gasteiger partial charge in [0.25, 0.3) is 0 Å². The zero-order valence-electron chi connectivity index (χ0n) is 8.75. The van der Waals surface area contributed by atoms with Crippen LogP contribution in [0.15, 0.2) is 0 Å². The van der Waals surface area contributed by atoms with E-state index in [1.807, 2.05) is 0 Å². The topological polar surface area (TPSA) is 75.5 Å². The molecule has 0 spiro atoms. The minimum Gasteiger partial charge on any atom is -0.481 e. The Morgan fingerprint density at radius 1 is 1.15 bits per heavy atom. The van der Waals surface area contributed by atoms with Crippen LogP contribution in [0.4, 0.5) is 0 Å². The summed E-state index contributed by atoms with van der Waals surface area (Å²) < 4.78 is 0. The summed E-state index contributed by atoms with van der Waals surface area (Å²) in [6.45, 7) is 6.95. The molecule has 0 saturated carbocycles. The van der Waals surface area contributed by atoms with Crippen molar-refractivity contribution in [3.05, 3.63) is 0 Å². The summed E-state index contributed by atoms with van der Waals surface area (Å²) in [5.74, 6) is -0.702. The maximum Gasteiger partial charge on any atom is 0.304 e. The highest BCUT2D eigenvalue weighted by Gasteiger charge is 2.04. The van der Waals surface area contributed by atoms with Gasteiger partial charge in [-0.3, -0.25) is 4.79 Å². The van der Waals surface area contributed by atoms with Gasteiger partial charge in [-0.2, -0.15) is 0 Å². The van der Waals surface area contributed by atoms with Gasteiger partial charge in [-0.1, -0.05) is 13.8 Å². The van der Waals surface area contributed by atoms with Crippen molar-refractivity contribution in [2.24, 2.45) is 0 Å². The van der Waals surface area contributed by atoms with Crippen LogP contribution in [0.3, 0.4) is 0 Å². The van der Waals surface area contributed by atoms with E-state index in [0.717, 1.165) is 25.9 Å². The minimum atomic E-state index is -0.702. The standard InChI is InChI=1S/C9H19NO2.H3N/c1-3-6-10(7-4-2)8-5-9(11)12;/h3-8H2,1-2H3,(H,11,12);1H3. The van der Waals surface area contributed by atoms with Gasteiger partial charge in [0.2, 0.25) is 0 Å². The molecule has 0 aromatic rings.